The Morgan fingerprint density at radius 2 is 2.03 bits per heavy atom. The zero-order valence-electron chi connectivity index (χ0n) is 16.6. The fourth-order valence-electron chi connectivity index (χ4n) is 3.37. The Hall–Kier alpha value is -3.17. The van der Waals surface area contributed by atoms with Crippen LogP contribution in [-0.4, -0.2) is 31.5 Å². The molecule has 0 N–H and O–H groups in total. The molecule has 3 heterocycles. The second kappa shape index (κ2) is 7.34. The van der Waals surface area contributed by atoms with Crippen LogP contribution in [0.25, 0.3) is 11.9 Å². The van der Waals surface area contributed by atoms with Gasteiger partial charge in [-0.15, -0.1) is 5.10 Å². The fourth-order valence-corrected chi connectivity index (χ4v) is 3.58. The summed E-state index contributed by atoms with van der Waals surface area (Å²) in [6.07, 6.45) is 5.54. The Morgan fingerprint density at radius 1 is 1.24 bits per heavy atom. The van der Waals surface area contributed by atoms with Crippen LogP contribution in [0.5, 0.6) is 0 Å². The third-order valence-corrected chi connectivity index (χ3v) is 5.48. The minimum Gasteiger partial charge on any atom is -0.306 e. The second-order valence-electron chi connectivity index (χ2n) is 7.19. The summed E-state index contributed by atoms with van der Waals surface area (Å²) < 4.78 is 1.69. The van der Waals surface area contributed by atoms with Gasteiger partial charge in [-0.05, 0) is 51.5 Å². The van der Waals surface area contributed by atoms with Gasteiger partial charge in [0.15, 0.2) is 5.82 Å². The maximum absolute atomic E-state index is 13.1. The van der Waals surface area contributed by atoms with Crippen LogP contribution in [-0.2, 0) is 0 Å². The molecule has 1 aromatic carbocycles. The highest BCUT2D eigenvalue weighted by atomic mass is 35.5. The van der Waals surface area contributed by atoms with Crippen molar-refractivity contribution in [1.29, 1.82) is 0 Å². The van der Waals surface area contributed by atoms with Gasteiger partial charge < -0.3 is 4.90 Å². The summed E-state index contributed by atoms with van der Waals surface area (Å²) in [5, 5.41) is 9.11. The van der Waals surface area contributed by atoms with Gasteiger partial charge in [-0.25, -0.2) is 4.99 Å². The lowest BCUT2D eigenvalue weighted by molar-refractivity contribution is 0.0774. The lowest BCUT2D eigenvalue weighted by Crippen LogP contribution is -2.31. The molecule has 1 aromatic heterocycles. The van der Waals surface area contributed by atoms with Gasteiger partial charge in [-0.2, -0.15) is 4.68 Å². The Balaban J connectivity index is 1.70. The number of aliphatic imine (C=N–C) groups is 1. The van der Waals surface area contributed by atoms with Gasteiger partial charge in [-0.3, -0.25) is 4.79 Å². The molecule has 2 aromatic rings. The minimum atomic E-state index is -0.294. The number of rotatable bonds is 2. The highest BCUT2D eigenvalue weighted by Crippen LogP contribution is 2.32. The molecule has 0 spiro atoms. The van der Waals surface area contributed by atoms with E-state index in [-0.39, 0.29) is 17.9 Å². The number of amides is 1. The van der Waals surface area contributed by atoms with E-state index in [0.29, 0.717) is 22.1 Å². The SMILES string of the molecule is CC1=NC(n2nnc3c2C=CN(C(=O)c2cccc(C)c2Cl)C3C)=CC(C)C#C1. The van der Waals surface area contributed by atoms with E-state index in [4.69, 9.17) is 11.6 Å². The topological polar surface area (TPSA) is 63.4 Å². The normalized spacial score (nSPS) is 20.2. The zero-order valence-corrected chi connectivity index (χ0v) is 17.4. The molecule has 0 bridgehead atoms. The second-order valence-corrected chi connectivity index (χ2v) is 7.57. The molecule has 29 heavy (non-hydrogen) atoms. The van der Waals surface area contributed by atoms with Gasteiger partial charge in [-0.1, -0.05) is 40.8 Å². The number of fused-ring (bicyclic) bond motifs is 1. The average Bonchev–Trinajstić information content (AvgIpc) is 3.05. The number of hydrogen-bond acceptors (Lipinski definition) is 4. The molecule has 0 saturated carbocycles. The van der Waals surface area contributed by atoms with E-state index in [0.717, 1.165) is 17.0 Å². The summed E-state index contributed by atoms with van der Waals surface area (Å²) in [6, 6.07) is 5.15. The van der Waals surface area contributed by atoms with E-state index in [1.165, 1.54) is 0 Å². The Morgan fingerprint density at radius 3 is 2.83 bits per heavy atom. The number of carbonyl (C=O) groups is 1. The summed E-state index contributed by atoms with van der Waals surface area (Å²) >= 11 is 6.37. The molecule has 0 radical (unpaired) electrons. The molecule has 0 fully saturated rings. The van der Waals surface area contributed by atoms with Crippen molar-refractivity contribution in [2.24, 2.45) is 10.9 Å². The fraction of sp³-hybridized carbons (Fsp3) is 0.273. The standard InChI is InChI=1S/C22H20ClN5O/c1-13-8-9-15(3)24-19(12-13)28-18-10-11-27(16(4)21(18)25-26-28)22(29)17-7-5-6-14(2)20(17)23/h5-7,10-13,16H,1-4H3. The van der Waals surface area contributed by atoms with E-state index in [9.17, 15) is 4.79 Å². The predicted octanol–water partition coefficient (Wildman–Crippen LogP) is 4.34. The van der Waals surface area contributed by atoms with Crippen LogP contribution < -0.4 is 0 Å². The first kappa shape index (κ1) is 19.2. The van der Waals surface area contributed by atoms with Crippen molar-refractivity contribution < 1.29 is 4.79 Å². The quantitative estimate of drug-likeness (QED) is 0.698. The van der Waals surface area contributed by atoms with Gasteiger partial charge in [0.25, 0.3) is 5.91 Å². The largest absolute Gasteiger partial charge is 0.306 e. The summed E-state index contributed by atoms with van der Waals surface area (Å²) in [5.74, 6) is 6.70. The van der Waals surface area contributed by atoms with Crippen molar-refractivity contribution in [1.82, 2.24) is 19.9 Å². The number of hydrogen-bond donors (Lipinski definition) is 0. The first-order valence-corrected chi connectivity index (χ1v) is 9.75. The van der Waals surface area contributed by atoms with E-state index in [1.807, 2.05) is 52.0 Å². The molecule has 0 aliphatic carbocycles. The maximum atomic E-state index is 13.1. The number of halogens is 1. The molecule has 6 nitrogen and oxygen atoms in total. The molecule has 4 rings (SSSR count). The van der Waals surface area contributed by atoms with Crippen LogP contribution in [0.15, 0.2) is 35.5 Å². The van der Waals surface area contributed by atoms with Crippen LogP contribution in [0.1, 0.15) is 54.1 Å². The smallest absolute Gasteiger partial charge is 0.259 e. The molecule has 2 atom stereocenters. The zero-order chi connectivity index (χ0) is 20.7. The van der Waals surface area contributed by atoms with Gasteiger partial charge in [0, 0.05) is 12.1 Å². The third-order valence-electron chi connectivity index (χ3n) is 4.97. The number of aryl methyl sites for hydroxylation is 1. The van der Waals surface area contributed by atoms with Crippen LogP contribution in [0.2, 0.25) is 5.02 Å². The molecule has 1 amide bonds. The molecule has 2 aliphatic heterocycles. The molecule has 0 saturated heterocycles. The van der Waals surface area contributed by atoms with Crippen molar-refractivity contribution in [2.75, 3.05) is 0 Å². The lowest BCUT2D eigenvalue weighted by atomic mass is 10.1. The minimum absolute atomic E-state index is 0.0533. The molecule has 7 heteroatoms. The van der Waals surface area contributed by atoms with E-state index in [2.05, 4.69) is 27.1 Å². The Bertz CT molecular complexity index is 1160. The van der Waals surface area contributed by atoms with Crippen LogP contribution in [0.3, 0.4) is 0 Å². The van der Waals surface area contributed by atoms with Gasteiger partial charge in [0.1, 0.15) is 5.69 Å². The molecular weight excluding hydrogens is 386 g/mol. The van der Waals surface area contributed by atoms with Gasteiger partial charge in [0.05, 0.1) is 28.0 Å². The highest BCUT2D eigenvalue weighted by Gasteiger charge is 2.31. The summed E-state index contributed by atoms with van der Waals surface area (Å²) in [5.41, 5.74) is 3.56. The number of benzene rings is 1. The van der Waals surface area contributed by atoms with Crippen molar-refractivity contribution in [3.8, 4) is 11.8 Å². The summed E-state index contributed by atoms with van der Waals surface area (Å²) in [4.78, 5) is 19.3. The summed E-state index contributed by atoms with van der Waals surface area (Å²) in [6.45, 7) is 7.68. The van der Waals surface area contributed by atoms with Crippen molar-refractivity contribution >= 4 is 35.1 Å². The Kier molecular flexibility index (Phi) is 4.85. The number of nitrogens with zero attached hydrogens (tertiary/aromatic N) is 5. The molecule has 2 unspecified atom stereocenters. The number of carbonyl (C=O) groups excluding carboxylic acids is 1. The third kappa shape index (κ3) is 3.39. The monoisotopic (exact) mass is 405 g/mol. The number of aromatic nitrogens is 3. The van der Waals surface area contributed by atoms with E-state index < -0.39 is 0 Å². The van der Waals surface area contributed by atoms with Gasteiger partial charge in [0.2, 0.25) is 0 Å². The Labute approximate surface area is 174 Å². The first-order chi connectivity index (χ1) is 13.9. The van der Waals surface area contributed by atoms with Crippen molar-refractivity contribution in [3.05, 3.63) is 58.0 Å². The van der Waals surface area contributed by atoms with Gasteiger partial charge >= 0.3 is 0 Å². The average molecular weight is 406 g/mol. The lowest BCUT2D eigenvalue weighted by Gasteiger charge is -2.28. The maximum Gasteiger partial charge on any atom is 0.259 e. The number of allylic oxidation sites excluding steroid dienone is 1. The van der Waals surface area contributed by atoms with Crippen molar-refractivity contribution in [3.63, 3.8) is 0 Å². The van der Waals surface area contributed by atoms with E-state index in [1.54, 1.807) is 21.8 Å². The molecule has 2 aliphatic rings. The summed E-state index contributed by atoms with van der Waals surface area (Å²) in [7, 11) is 0. The molecular formula is C22H20ClN5O. The molecule has 146 valence electrons. The highest BCUT2D eigenvalue weighted by molar-refractivity contribution is 6.34. The first-order valence-electron chi connectivity index (χ1n) is 9.37. The van der Waals surface area contributed by atoms with Crippen LogP contribution >= 0.6 is 11.6 Å². The predicted molar refractivity (Wildman–Crippen MR) is 114 cm³/mol. The van der Waals surface area contributed by atoms with Crippen LogP contribution in [0, 0.1) is 24.7 Å². The van der Waals surface area contributed by atoms with Crippen molar-refractivity contribution in [2.45, 2.75) is 33.7 Å². The van der Waals surface area contributed by atoms with Crippen LogP contribution in [0.4, 0.5) is 0 Å². The van der Waals surface area contributed by atoms with E-state index >= 15 is 0 Å².